The van der Waals surface area contributed by atoms with Crippen molar-refractivity contribution in [3.8, 4) is 5.75 Å². The number of ether oxygens (including phenoxy) is 2. The van der Waals surface area contributed by atoms with Crippen molar-refractivity contribution in [3.05, 3.63) is 69.3 Å². The number of methoxy groups -OCH3 is 2. The number of carbonyl (C=O) groups is 2. The minimum absolute atomic E-state index is 0.0322. The summed E-state index contributed by atoms with van der Waals surface area (Å²) in [4.78, 5) is 34.4. The fraction of sp³-hybridized carbons (Fsp3) is 0.125. The molecule has 7 nitrogen and oxygen atoms in total. The summed E-state index contributed by atoms with van der Waals surface area (Å²) >= 11 is 0. The van der Waals surface area contributed by atoms with Gasteiger partial charge in [0.05, 0.1) is 24.7 Å². The zero-order chi connectivity index (χ0) is 17.0. The molecule has 0 saturated carbocycles. The van der Waals surface area contributed by atoms with Crippen LogP contribution in [0.4, 0.5) is 5.69 Å². The minimum Gasteiger partial charge on any atom is -0.497 e. The first kappa shape index (κ1) is 16.2. The van der Waals surface area contributed by atoms with Gasteiger partial charge < -0.3 is 9.47 Å². The predicted octanol–water partition coefficient (Wildman–Crippen LogP) is 2.62. The van der Waals surface area contributed by atoms with Crippen LogP contribution in [0.1, 0.15) is 26.3 Å². The third-order valence-electron chi connectivity index (χ3n) is 3.16. The SMILES string of the molecule is COC(=O)c1cc(C(=O)c2ccc(OC)cc2)cc([N+](=O)[O-])c1. The molecule has 118 valence electrons. The van der Waals surface area contributed by atoms with Crippen LogP contribution in [0.3, 0.4) is 0 Å². The van der Waals surface area contributed by atoms with Crippen LogP contribution in [0.25, 0.3) is 0 Å². The Balaban J connectivity index is 2.47. The second-order valence-electron chi connectivity index (χ2n) is 4.57. The standard InChI is InChI=1S/C16H13NO6/c1-22-14-5-3-10(4-6-14)15(18)11-7-12(16(19)23-2)9-13(8-11)17(20)21/h3-9H,1-2H3. The maximum absolute atomic E-state index is 12.5. The van der Waals surface area contributed by atoms with Gasteiger partial charge in [0.1, 0.15) is 5.75 Å². The first-order valence-electron chi connectivity index (χ1n) is 6.53. The molecule has 0 aliphatic carbocycles. The molecule has 0 unspecified atom stereocenters. The number of rotatable bonds is 5. The summed E-state index contributed by atoms with van der Waals surface area (Å²) in [6.45, 7) is 0. The summed E-state index contributed by atoms with van der Waals surface area (Å²) in [6.07, 6.45) is 0. The molecule has 0 saturated heterocycles. The van der Waals surface area contributed by atoms with Crippen LogP contribution in [0.15, 0.2) is 42.5 Å². The fourth-order valence-electron chi connectivity index (χ4n) is 1.99. The molecule has 0 atom stereocenters. The van der Waals surface area contributed by atoms with Gasteiger partial charge in [-0.25, -0.2) is 4.79 Å². The first-order valence-corrected chi connectivity index (χ1v) is 6.53. The van der Waals surface area contributed by atoms with Gasteiger partial charge in [0, 0.05) is 23.3 Å². The van der Waals surface area contributed by atoms with Gasteiger partial charge in [-0.05, 0) is 30.3 Å². The molecule has 0 spiro atoms. The van der Waals surface area contributed by atoms with E-state index in [1.54, 1.807) is 12.1 Å². The Labute approximate surface area is 131 Å². The molecule has 2 aromatic carbocycles. The van der Waals surface area contributed by atoms with Crippen LogP contribution in [0.5, 0.6) is 5.75 Å². The van der Waals surface area contributed by atoms with E-state index in [1.165, 1.54) is 25.3 Å². The number of nitro benzene ring substituents is 1. The predicted molar refractivity (Wildman–Crippen MR) is 80.9 cm³/mol. The summed E-state index contributed by atoms with van der Waals surface area (Å²) in [5, 5.41) is 11.0. The maximum atomic E-state index is 12.5. The first-order chi connectivity index (χ1) is 11.0. The number of benzene rings is 2. The number of nitrogens with zero attached hydrogens (tertiary/aromatic N) is 1. The Morgan fingerprint density at radius 3 is 2.09 bits per heavy atom. The Hall–Kier alpha value is -3.22. The van der Waals surface area contributed by atoms with Crippen LogP contribution in [-0.4, -0.2) is 30.9 Å². The molecule has 2 rings (SSSR count). The molecule has 0 aromatic heterocycles. The molecule has 0 heterocycles. The van der Waals surface area contributed by atoms with Crippen molar-refractivity contribution in [3.63, 3.8) is 0 Å². The summed E-state index contributed by atoms with van der Waals surface area (Å²) in [5.41, 5.74) is -0.0600. The summed E-state index contributed by atoms with van der Waals surface area (Å²) < 4.78 is 9.56. The average molecular weight is 315 g/mol. The number of hydrogen-bond acceptors (Lipinski definition) is 6. The zero-order valence-corrected chi connectivity index (χ0v) is 12.4. The van der Waals surface area contributed by atoms with Gasteiger partial charge in [-0.3, -0.25) is 14.9 Å². The minimum atomic E-state index is -0.752. The van der Waals surface area contributed by atoms with Gasteiger partial charge in [0.2, 0.25) is 0 Å². The topological polar surface area (TPSA) is 95.7 Å². The van der Waals surface area contributed by atoms with E-state index in [1.807, 2.05) is 0 Å². The van der Waals surface area contributed by atoms with Crippen molar-refractivity contribution in [2.75, 3.05) is 14.2 Å². The molecule has 2 aromatic rings. The molecule has 0 amide bonds. The second kappa shape index (κ2) is 6.69. The van der Waals surface area contributed by atoms with E-state index in [4.69, 9.17) is 4.74 Å². The number of esters is 1. The molecule has 0 N–H and O–H groups in total. The molecule has 0 radical (unpaired) electrons. The highest BCUT2D eigenvalue weighted by molar-refractivity contribution is 6.10. The van der Waals surface area contributed by atoms with E-state index in [0.717, 1.165) is 19.2 Å². The van der Waals surface area contributed by atoms with E-state index in [2.05, 4.69) is 4.74 Å². The molecule has 7 heteroatoms. The quantitative estimate of drug-likeness (QED) is 0.364. The molecule has 23 heavy (non-hydrogen) atoms. The van der Waals surface area contributed by atoms with Gasteiger partial charge in [-0.15, -0.1) is 0 Å². The molecule has 0 aliphatic rings. The summed E-state index contributed by atoms with van der Waals surface area (Å²) in [6, 6.07) is 9.74. The smallest absolute Gasteiger partial charge is 0.338 e. The number of ketones is 1. The highest BCUT2D eigenvalue weighted by Gasteiger charge is 2.19. The molecule has 0 bridgehead atoms. The molecule has 0 aliphatic heterocycles. The van der Waals surface area contributed by atoms with Gasteiger partial charge in [-0.1, -0.05) is 0 Å². The van der Waals surface area contributed by atoms with Gasteiger partial charge in [0.15, 0.2) is 5.78 Å². The molecule has 0 fully saturated rings. The number of non-ortho nitro benzene ring substituents is 1. The Morgan fingerprint density at radius 2 is 1.57 bits per heavy atom. The van der Waals surface area contributed by atoms with E-state index in [9.17, 15) is 19.7 Å². The monoisotopic (exact) mass is 315 g/mol. The highest BCUT2D eigenvalue weighted by Crippen LogP contribution is 2.21. The van der Waals surface area contributed by atoms with E-state index >= 15 is 0 Å². The lowest BCUT2D eigenvalue weighted by Gasteiger charge is -2.05. The number of hydrogen-bond donors (Lipinski definition) is 0. The maximum Gasteiger partial charge on any atom is 0.338 e. The molecular weight excluding hydrogens is 302 g/mol. The second-order valence-corrected chi connectivity index (χ2v) is 4.57. The van der Waals surface area contributed by atoms with Crippen LogP contribution in [0.2, 0.25) is 0 Å². The fourth-order valence-corrected chi connectivity index (χ4v) is 1.99. The lowest BCUT2D eigenvalue weighted by molar-refractivity contribution is -0.384. The van der Waals surface area contributed by atoms with Crippen molar-refractivity contribution in [1.82, 2.24) is 0 Å². The zero-order valence-electron chi connectivity index (χ0n) is 12.4. The van der Waals surface area contributed by atoms with Crippen molar-refractivity contribution < 1.29 is 24.0 Å². The third-order valence-corrected chi connectivity index (χ3v) is 3.16. The van der Waals surface area contributed by atoms with Crippen LogP contribution < -0.4 is 4.74 Å². The van der Waals surface area contributed by atoms with E-state index < -0.39 is 16.7 Å². The van der Waals surface area contributed by atoms with E-state index in [0.29, 0.717) is 11.3 Å². The van der Waals surface area contributed by atoms with Gasteiger partial charge in [0.25, 0.3) is 5.69 Å². The van der Waals surface area contributed by atoms with Crippen LogP contribution in [0, 0.1) is 10.1 Å². The Bertz CT molecular complexity index is 767. The normalized spacial score (nSPS) is 10.0. The largest absolute Gasteiger partial charge is 0.497 e. The molecular formula is C16H13NO6. The van der Waals surface area contributed by atoms with Gasteiger partial charge >= 0.3 is 5.97 Å². The summed E-state index contributed by atoms with van der Waals surface area (Å²) in [7, 11) is 2.66. The van der Waals surface area contributed by atoms with Crippen LogP contribution >= 0.6 is 0 Å². The third kappa shape index (κ3) is 3.52. The van der Waals surface area contributed by atoms with Crippen molar-refractivity contribution in [2.45, 2.75) is 0 Å². The van der Waals surface area contributed by atoms with Crippen LogP contribution in [-0.2, 0) is 4.74 Å². The Kier molecular flexibility index (Phi) is 4.70. The lowest BCUT2D eigenvalue weighted by Crippen LogP contribution is -2.07. The summed E-state index contributed by atoms with van der Waals surface area (Å²) in [5.74, 6) is -0.616. The van der Waals surface area contributed by atoms with E-state index in [-0.39, 0.29) is 16.8 Å². The van der Waals surface area contributed by atoms with Gasteiger partial charge in [-0.2, -0.15) is 0 Å². The highest BCUT2D eigenvalue weighted by atomic mass is 16.6. The van der Waals surface area contributed by atoms with Crippen molar-refractivity contribution in [2.24, 2.45) is 0 Å². The van der Waals surface area contributed by atoms with Crippen molar-refractivity contribution in [1.29, 1.82) is 0 Å². The number of nitro groups is 1. The average Bonchev–Trinajstić information content (AvgIpc) is 2.59. The Morgan fingerprint density at radius 1 is 0.957 bits per heavy atom. The van der Waals surface area contributed by atoms with Crippen molar-refractivity contribution >= 4 is 17.4 Å². The lowest BCUT2D eigenvalue weighted by atomic mass is 10.0. The number of carbonyl (C=O) groups excluding carboxylic acids is 2.